The zero-order valence-electron chi connectivity index (χ0n) is 14.5. The van der Waals surface area contributed by atoms with Crippen LogP contribution in [-0.2, 0) is 16.1 Å². The molecule has 1 aliphatic heterocycles. The van der Waals surface area contributed by atoms with Gasteiger partial charge in [0, 0.05) is 18.5 Å². The molecule has 3 rings (SSSR count). The molecule has 1 aliphatic rings. The number of amides is 1. The molecule has 0 bridgehead atoms. The monoisotopic (exact) mass is 358 g/mol. The highest BCUT2D eigenvalue weighted by atomic mass is 19.1. The maximum Gasteiger partial charge on any atom is 0.267 e. The normalized spacial score (nSPS) is 19.0. The summed E-state index contributed by atoms with van der Waals surface area (Å²) in [6.45, 7) is 2.07. The first-order valence-electron chi connectivity index (χ1n) is 8.51. The predicted octanol–water partition coefficient (Wildman–Crippen LogP) is 3.60. The third-order valence-electron chi connectivity index (χ3n) is 4.34. The van der Waals surface area contributed by atoms with Crippen LogP contribution in [0.15, 0.2) is 53.7 Å². The molecule has 0 aliphatic carbocycles. The van der Waals surface area contributed by atoms with E-state index in [0.717, 1.165) is 5.56 Å². The summed E-state index contributed by atoms with van der Waals surface area (Å²) in [5.74, 6) is -0.961. The van der Waals surface area contributed by atoms with Crippen molar-refractivity contribution in [3.05, 3.63) is 71.3 Å². The van der Waals surface area contributed by atoms with Gasteiger partial charge in [0.25, 0.3) is 5.91 Å². The lowest BCUT2D eigenvalue weighted by Gasteiger charge is -2.20. The van der Waals surface area contributed by atoms with E-state index in [-0.39, 0.29) is 18.1 Å². The van der Waals surface area contributed by atoms with E-state index in [9.17, 15) is 13.6 Å². The first-order chi connectivity index (χ1) is 12.5. The highest BCUT2D eigenvalue weighted by molar-refractivity contribution is 6.05. The average molecular weight is 358 g/mol. The van der Waals surface area contributed by atoms with Crippen molar-refractivity contribution in [2.75, 3.05) is 6.54 Å². The fourth-order valence-corrected chi connectivity index (χ4v) is 2.88. The lowest BCUT2D eigenvalue weighted by atomic mass is 9.95. The van der Waals surface area contributed by atoms with Gasteiger partial charge in [0.05, 0.1) is 5.71 Å². The van der Waals surface area contributed by atoms with Crippen molar-refractivity contribution in [1.82, 2.24) is 5.32 Å². The minimum absolute atomic E-state index is 0.198. The Kier molecular flexibility index (Phi) is 5.30. The highest BCUT2D eigenvalue weighted by Crippen LogP contribution is 2.27. The Morgan fingerprint density at radius 2 is 2.04 bits per heavy atom. The predicted molar refractivity (Wildman–Crippen MR) is 94.8 cm³/mol. The van der Waals surface area contributed by atoms with Crippen LogP contribution in [-0.4, -0.2) is 23.8 Å². The van der Waals surface area contributed by atoms with Crippen LogP contribution >= 0.6 is 0 Å². The molecule has 136 valence electrons. The zero-order valence-corrected chi connectivity index (χ0v) is 14.5. The summed E-state index contributed by atoms with van der Waals surface area (Å²) in [6, 6.07) is 12.7. The SMILES string of the molecule is C[C@]1(C(=O)NCCCc2cccc(F)c2)CC(c2ccccc2F)=NO1. The second-order valence-electron chi connectivity index (χ2n) is 6.51. The Balaban J connectivity index is 1.50. The number of oxime groups is 1. The molecule has 1 amide bonds. The van der Waals surface area contributed by atoms with Crippen LogP contribution in [0.3, 0.4) is 0 Å². The fraction of sp³-hybridized carbons (Fsp3) is 0.300. The summed E-state index contributed by atoms with van der Waals surface area (Å²) >= 11 is 0. The Labute approximate surface area is 150 Å². The number of benzene rings is 2. The van der Waals surface area contributed by atoms with E-state index in [4.69, 9.17) is 4.84 Å². The molecule has 0 spiro atoms. The van der Waals surface area contributed by atoms with Gasteiger partial charge in [0.15, 0.2) is 0 Å². The summed E-state index contributed by atoms with van der Waals surface area (Å²) in [6.07, 6.45) is 1.53. The molecule has 6 heteroatoms. The topological polar surface area (TPSA) is 50.7 Å². The Hall–Kier alpha value is -2.76. The van der Waals surface area contributed by atoms with E-state index < -0.39 is 11.4 Å². The van der Waals surface area contributed by atoms with Gasteiger partial charge >= 0.3 is 0 Å². The van der Waals surface area contributed by atoms with Gasteiger partial charge in [-0.2, -0.15) is 0 Å². The molecule has 0 saturated heterocycles. The molecule has 4 nitrogen and oxygen atoms in total. The Bertz CT molecular complexity index is 838. The summed E-state index contributed by atoms with van der Waals surface area (Å²) in [7, 11) is 0. The van der Waals surface area contributed by atoms with Gasteiger partial charge in [0.1, 0.15) is 11.6 Å². The van der Waals surface area contributed by atoms with Crippen molar-refractivity contribution in [3.63, 3.8) is 0 Å². The summed E-state index contributed by atoms with van der Waals surface area (Å²) in [4.78, 5) is 17.7. The number of nitrogens with zero attached hydrogens (tertiary/aromatic N) is 1. The molecule has 0 saturated carbocycles. The molecule has 2 aromatic rings. The molecular formula is C20H20F2N2O2. The molecule has 0 fully saturated rings. The van der Waals surface area contributed by atoms with Gasteiger partial charge in [-0.05, 0) is 43.5 Å². The second-order valence-corrected chi connectivity index (χ2v) is 6.51. The van der Waals surface area contributed by atoms with Crippen LogP contribution in [0.5, 0.6) is 0 Å². The highest BCUT2D eigenvalue weighted by Gasteiger charge is 2.42. The van der Waals surface area contributed by atoms with E-state index in [1.165, 1.54) is 18.2 Å². The Morgan fingerprint density at radius 1 is 1.23 bits per heavy atom. The van der Waals surface area contributed by atoms with Crippen molar-refractivity contribution in [2.24, 2.45) is 5.16 Å². The molecule has 1 atom stereocenters. The number of carbonyl (C=O) groups excluding carboxylic acids is 1. The molecule has 2 aromatic carbocycles. The lowest BCUT2D eigenvalue weighted by molar-refractivity contribution is -0.141. The maximum atomic E-state index is 13.9. The van der Waals surface area contributed by atoms with Crippen LogP contribution in [0.2, 0.25) is 0 Å². The molecular weight excluding hydrogens is 338 g/mol. The van der Waals surface area contributed by atoms with Gasteiger partial charge < -0.3 is 10.2 Å². The Morgan fingerprint density at radius 3 is 2.81 bits per heavy atom. The fourth-order valence-electron chi connectivity index (χ4n) is 2.88. The molecule has 1 heterocycles. The van der Waals surface area contributed by atoms with Gasteiger partial charge in [-0.1, -0.05) is 35.5 Å². The van der Waals surface area contributed by atoms with E-state index in [1.807, 2.05) is 6.07 Å². The first-order valence-corrected chi connectivity index (χ1v) is 8.51. The van der Waals surface area contributed by atoms with Crippen LogP contribution in [0.1, 0.15) is 30.9 Å². The standard InChI is InChI=1S/C20H20F2N2O2/c1-20(13-18(24-26-20)16-9-2-3-10-17(16)22)19(25)23-11-5-7-14-6-4-8-15(21)12-14/h2-4,6,8-10,12H,5,7,11,13H2,1H3,(H,23,25)/t20-/m1/s1. The van der Waals surface area contributed by atoms with Gasteiger partial charge in [-0.3, -0.25) is 4.79 Å². The van der Waals surface area contributed by atoms with Crippen LogP contribution in [0.4, 0.5) is 8.78 Å². The van der Waals surface area contributed by atoms with E-state index >= 15 is 0 Å². The molecule has 1 N–H and O–H groups in total. The number of aryl methyl sites for hydroxylation is 1. The molecule has 0 unspecified atom stereocenters. The van der Waals surface area contributed by atoms with Gasteiger partial charge in [-0.15, -0.1) is 0 Å². The van der Waals surface area contributed by atoms with E-state index in [1.54, 1.807) is 31.2 Å². The number of halogens is 2. The maximum absolute atomic E-state index is 13.9. The molecule has 0 aromatic heterocycles. The minimum Gasteiger partial charge on any atom is -0.379 e. The zero-order chi connectivity index (χ0) is 18.6. The number of rotatable bonds is 6. The van der Waals surface area contributed by atoms with E-state index in [0.29, 0.717) is 30.7 Å². The number of carbonyl (C=O) groups is 1. The third kappa shape index (κ3) is 4.07. The number of nitrogens with one attached hydrogen (secondary N) is 1. The van der Waals surface area contributed by atoms with Crippen molar-refractivity contribution >= 4 is 11.6 Å². The largest absolute Gasteiger partial charge is 0.379 e. The quantitative estimate of drug-likeness (QED) is 0.802. The van der Waals surface area contributed by atoms with Crippen LogP contribution < -0.4 is 5.32 Å². The van der Waals surface area contributed by atoms with Gasteiger partial charge in [0.2, 0.25) is 5.60 Å². The van der Waals surface area contributed by atoms with E-state index in [2.05, 4.69) is 10.5 Å². The van der Waals surface area contributed by atoms with Crippen LogP contribution in [0.25, 0.3) is 0 Å². The second kappa shape index (κ2) is 7.64. The molecule has 0 radical (unpaired) electrons. The number of hydrogen-bond donors (Lipinski definition) is 1. The summed E-state index contributed by atoms with van der Waals surface area (Å²) in [5, 5.41) is 6.71. The van der Waals surface area contributed by atoms with Crippen molar-refractivity contribution in [2.45, 2.75) is 31.8 Å². The average Bonchev–Trinajstić information content (AvgIpc) is 3.02. The third-order valence-corrected chi connectivity index (χ3v) is 4.34. The van der Waals surface area contributed by atoms with Crippen LogP contribution in [0, 0.1) is 11.6 Å². The first kappa shape index (κ1) is 18.0. The number of hydrogen-bond acceptors (Lipinski definition) is 3. The van der Waals surface area contributed by atoms with Crippen molar-refractivity contribution < 1.29 is 18.4 Å². The summed E-state index contributed by atoms with van der Waals surface area (Å²) in [5.41, 5.74) is 0.486. The van der Waals surface area contributed by atoms with Crippen molar-refractivity contribution in [3.8, 4) is 0 Å². The summed E-state index contributed by atoms with van der Waals surface area (Å²) < 4.78 is 27.0. The molecule has 26 heavy (non-hydrogen) atoms. The van der Waals surface area contributed by atoms with Gasteiger partial charge in [-0.25, -0.2) is 8.78 Å². The minimum atomic E-state index is -1.16. The lowest BCUT2D eigenvalue weighted by Crippen LogP contribution is -2.45. The van der Waals surface area contributed by atoms with Crippen molar-refractivity contribution in [1.29, 1.82) is 0 Å². The smallest absolute Gasteiger partial charge is 0.267 e.